The molecular formula is C12H18N4O2S. The lowest BCUT2D eigenvalue weighted by Crippen LogP contribution is -2.25. The van der Waals surface area contributed by atoms with Crippen molar-refractivity contribution in [3.05, 3.63) is 18.2 Å². The molecule has 1 aromatic carbocycles. The number of nitrogens with two attached hydrogens (primary N) is 1. The molecule has 1 aromatic rings. The Kier molecular flexibility index (Phi) is 5.15. The van der Waals surface area contributed by atoms with Gasteiger partial charge in [0.05, 0.1) is 28.8 Å². The molecule has 1 rings (SSSR count). The topological polar surface area (TPSA) is 99.2 Å². The average Bonchev–Trinajstić information content (AvgIpc) is 2.40. The molecule has 0 aliphatic heterocycles. The maximum Gasteiger partial charge on any atom is 0.240 e. The summed E-state index contributed by atoms with van der Waals surface area (Å²) in [5.74, 6) is 0. The summed E-state index contributed by atoms with van der Waals surface area (Å²) >= 11 is 0. The number of sulfonamides is 1. The minimum Gasteiger partial charge on any atom is -0.397 e. The van der Waals surface area contributed by atoms with Gasteiger partial charge in [0, 0.05) is 13.1 Å². The van der Waals surface area contributed by atoms with Crippen LogP contribution in [0.15, 0.2) is 23.1 Å². The minimum absolute atomic E-state index is 0.132. The Balaban J connectivity index is 3.10. The van der Waals surface area contributed by atoms with Crippen LogP contribution in [0.4, 0.5) is 11.4 Å². The number of rotatable bonds is 6. The first-order chi connectivity index (χ1) is 8.96. The Hall–Kier alpha value is -1.78. The molecule has 0 bridgehead atoms. The molecule has 0 spiro atoms. The zero-order chi connectivity index (χ0) is 14.5. The van der Waals surface area contributed by atoms with E-state index in [-0.39, 0.29) is 4.90 Å². The largest absolute Gasteiger partial charge is 0.397 e. The second-order valence-corrected chi connectivity index (χ2v) is 5.80. The molecule has 0 aliphatic rings. The smallest absolute Gasteiger partial charge is 0.240 e. The number of anilines is 2. The molecule has 19 heavy (non-hydrogen) atoms. The Morgan fingerprint density at radius 1 is 1.47 bits per heavy atom. The molecule has 0 aliphatic carbocycles. The van der Waals surface area contributed by atoms with Crippen molar-refractivity contribution in [1.82, 2.24) is 4.72 Å². The lowest BCUT2D eigenvalue weighted by atomic mass is 10.2. The average molecular weight is 282 g/mol. The Morgan fingerprint density at radius 2 is 2.16 bits per heavy atom. The molecule has 3 N–H and O–H groups in total. The van der Waals surface area contributed by atoms with Crippen LogP contribution in [-0.2, 0) is 10.0 Å². The van der Waals surface area contributed by atoms with E-state index in [1.807, 2.05) is 11.8 Å². The van der Waals surface area contributed by atoms with Crippen LogP contribution >= 0.6 is 0 Å². The fourth-order valence-electron chi connectivity index (χ4n) is 1.74. The quantitative estimate of drug-likeness (QED) is 0.756. The van der Waals surface area contributed by atoms with Gasteiger partial charge in [0.25, 0.3) is 0 Å². The maximum atomic E-state index is 11.7. The number of nitrogen functional groups attached to an aromatic ring is 1. The number of hydrogen-bond donors (Lipinski definition) is 2. The molecule has 0 aromatic heterocycles. The summed E-state index contributed by atoms with van der Waals surface area (Å²) in [5.41, 5.74) is 7.03. The summed E-state index contributed by atoms with van der Waals surface area (Å²) < 4.78 is 25.5. The predicted molar refractivity (Wildman–Crippen MR) is 75.2 cm³/mol. The maximum absolute atomic E-state index is 11.7. The van der Waals surface area contributed by atoms with Gasteiger partial charge in [-0.15, -0.1) is 0 Å². The van der Waals surface area contributed by atoms with E-state index in [0.717, 1.165) is 5.69 Å². The van der Waals surface area contributed by atoms with Gasteiger partial charge in [0.15, 0.2) is 0 Å². The van der Waals surface area contributed by atoms with E-state index in [1.54, 1.807) is 6.07 Å². The summed E-state index contributed by atoms with van der Waals surface area (Å²) in [4.78, 5) is 2.07. The van der Waals surface area contributed by atoms with E-state index in [4.69, 9.17) is 11.0 Å². The van der Waals surface area contributed by atoms with E-state index in [9.17, 15) is 8.42 Å². The van der Waals surface area contributed by atoms with Crippen LogP contribution in [0.25, 0.3) is 0 Å². The molecule has 6 nitrogen and oxygen atoms in total. The zero-order valence-electron chi connectivity index (χ0n) is 11.0. The van der Waals surface area contributed by atoms with Gasteiger partial charge < -0.3 is 10.6 Å². The van der Waals surface area contributed by atoms with Crippen LogP contribution in [0.1, 0.15) is 13.3 Å². The molecule has 0 saturated heterocycles. The summed E-state index contributed by atoms with van der Waals surface area (Å²) in [6.45, 7) is 3.22. The molecule has 0 saturated carbocycles. The van der Waals surface area contributed by atoms with Crippen LogP contribution in [0.5, 0.6) is 0 Å². The van der Waals surface area contributed by atoms with Gasteiger partial charge >= 0.3 is 0 Å². The second-order valence-electron chi connectivity index (χ2n) is 3.92. The molecular weight excluding hydrogens is 264 g/mol. The third-order valence-electron chi connectivity index (χ3n) is 2.79. The van der Waals surface area contributed by atoms with Crippen molar-refractivity contribution < 1.29 is 8.42 Å². The molecule has 0 radical (unpaired) electrons. The standard InChI is InChI=1S/C12H18N4O2S/c1-3-16(8-4-7-13)12-6-5-10(9-11(12)14)19(17,18)15-2/h5-6,9,15H,3-4,8,14H2,1-2H3. The van der Waals surface area contributed by atoms with Crippen LogP contribution in [-0.4, -0.2) is 28.6 Å². The molecule has 7 heteroatoms. The SMILES string of the molecule is CCN(CCC#N)c1ccc(S(=O)(=O)NC)cc1N. The monoisotopic (exact) mass is 282 g/mol. The lowest BCUT2D eigenvalue weighted by molar-refractivity contribution is 0.588. The van der Waals surface area contributed by atoms with Crippen molar-refractivity contribution >= 4 is 21.4 Å². The van der Waals surface area contributed by atoms with E-state index in [2.05, 4.69) is 10.8 Å². The number of nitrogens with one attached hydrogen (secondary N) is 1. The third-order valence-corrected chi connectivity index (χ3v) is 4.21. The van der Waals surface area contributed by atoms with E-state index >= 15 is 0 Å². The van der Waals surface area contributed by atoms with Crippen molar-refractivity contribution in [3.8, 4) is 6.07 Å². The number of hydrogen-bond acceptors (Lipinski definition) is 5. The van der Waals surface area contributed by atoms with Crippen LogP contribution < -0.4 is 15.4 Å². The van der Waals surface area contributed by atoms with E-state index in [0.29, 0.717) is 25.2 Å². The number of nitriles is 1. The van der Waals surface area contributed by atoms with Gasteiger partial charge in [0.2, 0.25) is 10.0 Å². The number of benzene rings is 1. The molecule has 104 valence electrons. The first kappa shape index (κ1) is 15.3. The predicted octanol–water partition coefficient (Wildman–Crippen LogP) is 0.917. The highest BCUT2D eigenvalue weighted by Gasteiger charge is 2.15. The van der Waals surface area contributed by atoms with Gasteiger partial charge in [-0.2, -0.15) is 5.26 Å². The molecule has 0 amide bonds. The fraction of sp³-hybridized carbons (Fsp3) is 0.417. The van der Waals surface area contributed by atoms with Crippen molar-refractivity contribution in [2.75, 3.05) is 30.8 Å². The first-order valence-corrected chi connectivity index (χ1v) is 7.39. The van der Waals surface area contributed by atoms with Gasteiger partial charge in [-0.05, 0) is 32.2 Å². The third kappa shape index (κ3) is 3.59. The van der Waals surface area contributed by atoms with Crippen molar-refractivity contribution in [1.29, 1.82) is 5.26 Å². The summed E-state index contributed by atoms with van der Waals surface area (Å²) in [6.07, 6.45) is 0.393. The van der Waals surface area contributed by atoms with Crippen molar-refractivity contribution in [2.24, 2.45) is 0 Å². The Labute approximate surface area is 113 Å². The van der Waals surface area contributed by atoms with E-state index < -0.39 is 10.0 Å². The summed E-state index contributed by atoms with van der Waals surface area (Å²) in [6, 6.07) is 6.68. The van der Waals surface area contributed by atoms with Crippen molar-refractivity contribution in [2.45, 2.75) is 18.2 Å². The molecule has 0 heterocycles. The fourth-order valence-corrected chi connectivity index (χ4v) is 2.50. The van der Waals surface area contributed by atoms with Crippen molar-refractivity contribution in [3.63, 3.8) is 0 Å². The van der Waals surface area contributed by atoms with Gasteiger partial charge in [-0.1, -0.05) is 0 Å². The van der Waals surface area contributed by atoms with Crippen LogP contribution in [0, 0.1) is 11.3 Å². The number of nitrogens with zero attached hydrogens (tertiary/aromatic N) is 2. The lowest BCUT2D eigenvalue weighted by Gasteiger charge is -2.23. The zero-order valence-corrected chi connectivity index (χ0v) is 11.9. The Morgan fingerprint density at radius 3 is 2.63 bits per heavy atom. The summed E-state index contributed by atoms with van der Waals surface area (Å²) in [7, 11) is -2.14. The highest BCUT2D eigenvalue weighted by atomic mass is 32.2. The van der Waals surface area contributed by atoms with Gasteiger partial charge in [-0.25, -0.2) is 13.1 Å². The van der Waals surface area contributed by atoms with Gasteiger partial charge in [-0.3, -0.25) is 0 Å². The van der Waals surface area contributed by atoms with E-state index in [1.165, 1.54) is 19.2 Å². The molecule has 0 fully saturated rings. The summed E-state index contributed by atoms with van der Waals surface area (Å²) in [5, 5.41) is 8.61. The molecule has 0 unspecified atom stereocenters. The first-order valence-electron chi connectivity index (χ1n) is 5.91. The van der Waals surface area contributed by atoms with Crippen LogP contribution in [0.3, 0.4) is 0 Å². The molecule has 0 atom stereocenters. The van der Waals surface area contributed by atoms with Crippen LogP contribution in [0.2, 0.25) is 0 Å². The second kappa shape index (κ2) is 6.41. The van der Waals surface area contributed by atoms with Gasteiger partial charge in [0.1, 0.15) is 0 Å². The normalized spacial score (nSPS) is 11.0. The minimum atomic E-state index is -3.49. The highest BCUT2D eigenvalue weighted by molar-refractivity contribution is 7.89. The highest BCUT2D eigenvalue weighted by Crippen LogP contribution is 2.26. The Bertz CT molecular complexity index is 578.